The van der Waals surface area contributed by atoms with Gasteiger partial charge in [0.15, 0.2) is 0 Å². The van der Waals surface area contributed by atoms with E-state index in [0.717, 1.165) is 63.6 Å². The number of benzene rings is 1. The van der Waals surface area contributed by atoms with Crippen LogP contribution in [0.5, 0.6) is 5.75 Å². The molecule has 1 aromatic carbocycles. The Morgan fingerprint density at radius 3 is 2.66 bits per heavy atom. The van der Waals surface area contributed by atoms with Crippen LogP contribution in [0.1, 0.15) is 30.5 Å². The summed E-state index contributed by atoms with van der Waals surface area (Å²) in [6.07, 6.45) is 2.64. The molecule has 0 amide bonds. The smallest absolute Gasteiger partial charge is 0.142 e. The maximum atomic E-state index is 10.6. The molecule has 152 valence electrons. The van der Waals surface area contributed by atoms with E-state index in [0.29, 0.717) is 5.69 Å². The van der Waals surface area contributed by atoms with Crippen molar-refractivity contribution in [3.63, 3.8) is 0 Å². The van der Waals surface area contributed by atoms with Gasteiger partial charge < -0.3 is 14.7 Å². The maximum Gasteiger partial charge on any atom is 0.142 e. The minimum Gasteiger partial charge on any atom is -0.497 e. The van der Waals surface area contributed by atoms with Crippen LogP contribution < -0.4 is 9.64 Å². The fourth-order valence-corrected chi connectivity index (χ4v) is 4.81. The normalized spacial score (nSPS) is 21.7. The second-order valence-corrected chi connectivity index (χ2v) is 8.36. The van der Waals surface area contributed by atoms with E-state index in [1.807, 2.05) is 24.3 Å². The first-order valence-corrected chi connectivity index (χ1v) is 10.2. The van der Waals surface area contributed by atoms with Crippen LogP contribution in [0.3, 0.4) is 0 Å². The topological polar surface area (TPSA) is 72.6 Å². The molecule has 1 spiro atoms. The van der Waals surface area contributed by atoms with E-state index >= 15 is 0 Å². The van der Waals surface area contributed by atoms with Crippen LogP contribution in [-0.2, 0) is 6.54 Å². The summed E-state index contributed by atoms with van der Waals surface area (Å²) in [5.41, 5.74) is 1.85. The maximum absolute atomic E-state index is 10.6. The van der Waals surface area contributed by atoms with E-state index in [9.17, 15) is 5.11 Å². The van der Waals surface area contributed by atoms with Gasteiger partial charge in [-0.1, -0.05) is 18.2 Å². The van der Waals surface area contributed by atoms with Gasteiger partial charge in [-0.05, 0) is 54.5 Å². The van der Waals surface area contributed by atoms with Crippen LogP contribution in [0.15, 0.2) is 42.5 Å². The summed E-state index contributed by atoms with van der Waals surface area (Å²) in [4.78, 5) is 9.10. The molecule has 0 aliphatic carbocycles. The molecule has 29 heavy (non-hydrogen) atoms. The number of anilines is 1. The molecule has 0 radical (unpaired) electrons. The summed E-state index contributed by atoms with van der Waals surface area (Å²) in [6, 6.07) is 15.9. The Morgan fingerprint density at radius 2 is 1.97 bits per heavy atom. The van der Waals surface area contributed by atoms with Gasteiger partial charge in [0.1, 0.15) is 23.3 Å². The molecule has 2 aromatic rings. The van der Waals surface area contributed by atoms with Gasteiger partial charge in [0, 0.05) is 32.7 Å². The molecule has 6 nitrogen and oxygen atoms in total. The van der Waals surface area contributed by atoms with Crippen LogP contribution in [0.2, 0.25) is 0 Å². The van der Waals surface area contributed by atoms with E-state index in [-0.39, 0.29) is 11.5 Å². The summed E-state index contributed by atoms with van der Waals surface area (Å²) >= 11 is 0. The molecule has 4 rings (SSSR count). The number of aliphatic hydroxyl groups excluding tert-OH is 1. The fourth-order valence-electron chi connectivity index (χ4n) is 4.81. The Balaban J connectivity index is 1.40. The monoisotopic (exact) mass is 392 g/mol. The first-order chi connectivity index (χ1) is 14.1. The number of nitriles is 1. The number of ether oxygens (including phenoxy) is 1. The number of nitrogens with zero attached hydrogens (tertiary/aromatic N) is 4. The number of aliphatic hydroxyl groups is 1. The summed E-state index contributed by atoms with van der Waals surface area (Å²) < 4.78 is 5.25. The Hall–Kier alpha value is -2.62. The van der Waals surface area contributed by atoms with Gasteiger partial charge in [-0.3, -0.25) is 4.90 Å². The second kappa shape index (κ2) is 8.40. The van der Waals surface area contributed by atoms with Crippen molar-refractivity contribution in [2.45, 2.75) is 31.9 Å². The second-order valence-electron chi connectivity index (χ2n) is 8.36. The third-order valence-electron chi connectivity index (χ3n) is 6.26. The molecule has 6 heteroatoms. The zero-order valence-electron chi connectivity index (χ0n) is 16.9. The third kappa shape index (κ3) is 4.52. The number of aromatic nitrogens is 1. The van der Waals surface area contributed by atoms with Crippen molar-refractivity contribution in [2.24, 2.45) is 5.41 Å². The number of piperidine rings is 2. The van der Waals surface area contributed by atoms with Crippen LogP contribution in [0.4, 0.5) is 5.82 Å². The molecule has 3 heterocycles. The highest BCUT2D eigenvalue weighted by Gasteiger charge is 2.41. The predicted molar refractivity (Wildman–Crippen MR) is 112 cm³/mol. The highest BCUT2D eigenvalue weighted by molar-refractivity contribution is 5.42. The van der Waals surface area contributed by atoms with Gasteiger partial charge in [-0.15, -0.1) is 0 Å². The van der Waals surface area contributed by atoms with Crippen LogP contribution in [-0.4, -0.2) is 54.4 Å². The van der Waals surface area contributed by atoms with Crippen molar-refractivity contribution >= 4 is 5.82 Å². The first kappa shape index (κ1) is 19.7. The van der Waals surface area contributed by atoms with Crippen molar-refractivity contribution in [3.8, 4) is 11.8 Å². The third-order valence-corrected chi connectivity index (χ3v) is 6.26. The van der Waals surface area contributed by atoms with Gasteiger partial charge in [0.05, 0.1) is 13.2 Å². The molecule has 1 atom stereocenters. The SMILES string of the molecule is COc1ccc(CN2CC(O)CC3(CCN(c4cccc(C#N)n4)CC3)C2)cc1. The summed E-state index contributed by atoms with van der Waals surface area (Å²) in [6.45, 7) is 4.40. The molecule has 1 N–H and O–H groups in total. The van der Waals surface area contributed by atoms with Crippen molar-refractivity contribution in [1.29, 1.82) is 5.26 Å². The Kier molecular flexibility index (Phi) is 5.70. The van der Waals surface area contributed by atoms with E-state index in [4.69, 9.17) is 10.00 Å². The molecule has 2 aliphatic heterocycles. The molecule has 0 bridgehead atoms. The highest BCUT2D eigenvalue weighted by atomic mass is 16.5. The van der Waals surface area contributed by atoms with Gasteiger partial charge in [-0.25, -0.2) is 4.98 Å². The highest BCUT2D eigenvalue weighted by Crippen LogP contribution is 2.41. The standard InChI is InChI=1S/C23H28N4O2/c1-29-21-7-5-18(6-8-21)15-26-16-20(28)13-23(17-26)9-11-27(12-10-23)22-4-2-3-19(14-24)25-22/h2-8,20,28H,9-13,15-17H2,1H3. The van der Waals surface area contributed by atoms with Gasteiger partial charge in [-0.2, -0.15) is 5.26 Å². The van der Waals surface area contributed by atoms with Gasteiger partial charge >= 0.3 is 0 Å². The van der Waals surface area contributed by atoms with Gasteiger partial charge in [0.2, 0.25) is 0 Å². The summed E-state index contributed by atoms with van der Waals surface area (Å²) in [7, 11) is 1.68. The van der Waals surface area contributed by atoms with E-state index in [1.165, 1.54) is 5.56 Å². The van der Waals surface area contributed by atoms with Crippen LogP contribution >= 0.6 is 0 Å². The lowest BCUT2D eigenvalue weighted by Crippen LogP contribution is -2.53. The lowest BCUT2D eigenvalue weighted by atomic mass is 9.71. The predicted octanol–water partition coefficient (Wildman–Crippen LogP) is 2.82. The van der Waals surface area contributed by atoms with Crippen LogP contribution in [0.25, 0.3) is 0 Å². The molecule has 2 aliphatic rings. The average Bonchev–Trinajstić information content (AvgIpc) is 2.74. The Labute approximate surface area is 172 Å². The summed E-state index contributed by atoms with van der Waals surface area (Å²) in [5, 5.41) is 19.7. The summed E-state index contributed by atoms with van der Waals surface area (Å²) in [5.74, 6) is 1.75. The molecule has 0 saturated carbocycles. The Bertz CT molecular complexity index is 869. The number of likely N-dealkylation sites (tertiary alicyclic amines) is 1. The minimum absolute atomic E-state index is 0.146. The number of pyridine rings is 1. The molecule has 2 saturated heterocycles. The van der Waals surface area contributed by atoms with Crippen LogP contribution in [0, 0.1) is 16.7 Å². The number of β-amino-alcohol motifs (C(OH)–C–C–N with tert-alkyl or cyclic N) is 1. The van der Waals surface area contributed by atoms with Crippen molar-refractivity contribution < 1.29 is 9.84 Å². The number of methoxy groups -OCH3 is 1. The largest absolute Gasteiger partial charge is 0.497 e. The quantitative estimate of drug-likeness (QED) is 0.863. The molecular weight excluding hydrogens is 364 g/mol. The molecule has 2 fully saturated rings. The number of hydrogen-bond acceptors (Lipinski definition) is 6. The van der Waals surface area contributed by atoms with Crippen molar-refractivity contribution in [2.75, 3.05) is 38.2 Å². The molecular formula is C23H28N4O2. The molecule has 1 unspecified atom stereocenters. The number of hydrogen-bond donors (Lipinski definition) is 1. The zero-order valence-corrected chi connectivity index (χ0v) is 16.9. The van der Waals surface area contributed by atoms with E-state index < -0.39 is 0 Å². The average molecular weight is 393 g/mol. The van der Waals surface area contributed by atoms with E-state index in [1.54, 1.807) is 13.2 Å². The first-order valence-electron chi connectivity index (χ1n) is 10.2. The van der Waals surface area contributed by atoms with Crippen molar-refractivity contribution in [3.05, 3.63) is 53.7 Å². The minimum atomic E-state index is -0.284. The number of rotatable bonds is 4. The van der Waals surface area contributed by atoms with Gasteiger partial charge in [0.25, 0.3) is 0 Å². The lowest BCUT2D eigenvalue weighted by molar-refractivity contribution is -0.0251. The molecule has 1 aromatic heterocycles. The fraction of sp³-hybridized carbons (Fsp3) is 0.478. The van der Waals surface area contributed by atoms with Crippen molar-refractivity contribution in [1.82, 2.24) is 9.88 Å². The Morgan fingerprint density at radius 1 is 1.21 bits per heavy atom. The van der Waals surface area contributed by atoms with E-state index in [2.05, 4.69) is 33.0 Å². The lowest BCUT2D eigenvalue weighted by Gasteiger charge is -2.49. The zero-order chi connectivity index (χ0) is 20.3.